The Morgan fingerprint density at radius 1 is 0.724 bits per heavy atom. The van der Waals surface area contributed by atoms with Crippen LogP contribution in [0.4, 0.5) is 0 Å². The molecule has 0 amide bonds. The molecule has 0 aromatic heterocycles. The van der Waals surface area contributed by atoms with Gasteiger partial charge in [0.15, 0.2) is 0 Å². The summed E-state index contributed by atoms with van der Waals surface area (Å²) in [5, 5.41) is 19.9. The summed E-state index contributed by atoms with van der Waals surface area (Å²) in [6.45, 7) is -0.158. The maximum Gasteiger partial charge on any atom is 0.306 e. The first kappa shape index (κ1) is 24.2. The second-order valence-electron chi connectivity index (χ2n) is 5.97. The summed E-state index contributed by atoms with van der Waals surface area (Å²) in [7, 11) is 0. The fourth-order valence-electron chi connectivity index (χ4n) is 2.30. The molecule has 0 spiro atoms. The summed E-state index contributed by atoms with van der Waals surface area (Å²) in [6.07, 6.45) is 0.345. The molecule has 0 heterocycles. The minimum Gasteiger partial charge on any atom is -0.506 e. The number of ether oxygens (including phenoxy) is 2. The minimum absolute atomic E-state index is 0.00650. The quantitative estimate of drug-likeness (QED) is 0.333. The van der Waals surface area contributed by atoms with Crippen molar-refractivity contribution in [1.29, 1.82) is 0 Å². The number of rotatable bonds is 8. The number of hydrogen-bond donors (Lipinski definition) is 2. The lowest BCUT2D eigenvalue weighted by Gasteiger charge is -2.10. The molecule has 0 radical (unpaired) electrons. The predicted octanol–water partition coefficient (Wildman–Crippen LogP) is 6.10. The SMILES string of the molecule is O=C(CCCC(=O)OCc1cc(Br)cc(Br)c1O)OCc1cc(Br)cc(Br)c1O. The number of carbonyl (C=O) groups is 2. The number of hydrogen-bond acceptors (Lipinski definition) is 6. The molecule has 2 aromatic carbocycles. The molecule has 0 bridgehead atoms. The molecule has 0 saturated heterocycles. The Morgan fingerprint density at radius 2 is 1.10 bits per heavy atom. The van der Waals surface area contributed by atoms with E-state index < -0.39 is 11.9 Å². The number of carbonyl (C=O) groups excluding carboxylic acids is 2. The van der Waals surface area contributed by atoms with E-state index in [0.717, 1.165) is 8.95 Å². The second kappa shape index (κ2) is 11.3. The van der Waals surface area contributed by atoms with Gasteiger partial charge in [-0.15, -0.1) is 0 Å². The van der Waals surface area contributed by atoms with Gasteiger partial charge in [0.2, 0.25) is 0 Å². The van der Waals surface area contributed by atoms with Gasteiger partial charge in [0.1, 0.15) is 24.7 Å². The highest BCUT2D eigenvalue weighted by Gasteiger charge is 2.13. The van der Waals surface area contributed by atoms with E-state index in [-0.39, 0.29) is 44.0 Å². The Kier molecular flexibility index (Phi) is 9.45. The number of aromatic hydroxyl groups is 2. The van der Waals surface area contributed by atoms with Crippen LogP contribution in [-0.4, -0.2) is 22.2 Å². The molecule has 0 aliphatic carbocycles. The fourth-order valence-corrected chi connectivity index (χ4v) is 4.92. The van der Waals surface area contributed by atoms with E-state index in [1.807, 2.05) is 0 Å². The normalized spacial score (nSPS) is 10.6. The summed E-state index contributed by atoms with van der Waals surface area (Å²) in [6, 6.07) is 6.67. The summed E-state index contributed by atoms with van der Waals surface area (Å²) in [5.41, 5.74) is 0.915. The summed E-state index contributed by atoms with van der Waals surface area (Å²) in [5.74, 6) is -0.956. The van der Waals surface area contributed by atoms with Crippen LogP contribution in [0.15, 0.2) is 42.2 Å². The molecule has 2 rings (SSSR count). The van der Waals surface area contributed by atoms with Gasteiger partial charge in [-0.05, 0) is 62.5 Å². The van der Waals surface area contributed by atoms with Crippen LogP contribution in [0.25, 0.3) is 0 Å². The van der Waals surface area contributed by atoms with E-state index in [1.54, 1.807) is 24.3 Å². The van der Waals surface area contributed by atoms with Gasteiger partial charge in [-0.25, -0.2) is 0 Å². The zero-order valence-corrected chi connectivity index (χ0v) is 21.2. The molecule has 0 aliphatic rings. The average Bonchev–Trinajstić information content (AvgIpc) is 2.65. The van der Waals surface area contributed by atoms with Crippen molar-refractivity contribution >= 4 is 75.7 Å². The van der Waals surface area contributed by atoms with E-state index in [4.69, 9.17) is 9.47 Å². The Bertz CT molecular complexity index is 843. The number of phenols is 2. The van der Waals surface area contributed by atoms with Gasteiger partial charge in [-0.3, -0.25) is 9.59 Å². The van der Waals surface area contributed by atoms with Crippen LogP contribution in [0.2, 0.25) is 0 Å². The molecule has 0 atom stereocenters. The molecule has 156 valence electrons. The molecule has 0 fully saturated rings. The highest BCUT2D eigenvalue weighted by Crippen LogP contribution is 2.33. The van der Waals surface area contributed by atoms with Crippen LogP contribution in [0.3, 0.4) is 0 Å². The second-order valence-corrected chi connectivity index (χ2v) is 9.51. The Hall–Kier alpha value is -1.10. The molecule has 2 N–H and O–H groups in total. The largest absolute Gasteiger partial charge is 0.506 e. The maximum absolute atomic E-state index is 11.9. The molecule has 0 aliphatic heterocycles. The minimum atomic E-state index is -0.484. The molecule has 0 unspecified atom stereocenters. The van der Waals surface area contributed by atoms with Crippen LogP contribution in [0.5, 0.6) is 11.5 Å². The van der Waals surface area contributed by atoms with E-state index in [0.29, 0.717) is 20.1 Å². The van der Waals surface area contributed by atoms with E-state index >= 15 is 0 Å². The van der Waals surface area contributed by atoms with Crippen LogP contribution in [0, 0.1) is 0 Å². The lowest BCUT2D eigenvalue weighted by molar-refractivity contribution is -0.146. The summed E-state index contributed by atoms with van der Waals surface area (Å²) >= 11 is 13.0. The molecular formula is C19H16Br4O6. The van der Waals surface area contributed by atoms with E-state index in [1.165, 1.54) is 0 Å². The molecule has 29 heavy (non-hydrogen) atoms. The monoisotopic (exact) mass is 656 g/mol. The van der Waals surface area contributed by atoms with Crippen LogP contribution in [-0.2, 0) is 32.3 Å². The van der Waals surface area contributed by atoms with Crippen molar-refractivity contribution in [2.45, 2.75) is 32.5 Å². The summed E-state index contributed by atoms with van der Waals surface area (Å²) < 4.78 is 12.7. The number of esters is 2. The van der Waals surface area contributed by atoms with Gasteiger partial charge in [0.05, 0.1) is 8.95 Å². The molecule has 0 saturated carbocycles. The van der Waals surface area contributed by atoms with Crippen molar-refractivity contribution < 1.29 is 29.3 Å². The zero-order chi connectivity index (χ0) is 21.6. The maximum atomic E-state index is 11.9. The first-order valence-corrected chi connectivity index (χ1v) is 11.5. The lowest BCUT2D eigenvalue weighted by Crippen LogP contribution is -2.08. The number of benzene rings is 2. The van der Waals surface area contributed by atoms with Crippen molar-refractivity contribution in [2.24, 2.45) is 0 Å². The number of halogens is 4. The third-order valence-corrected chi connectivity index (χ3v) is 5.88. The molecular weight excluding hydrogens is 644 g/mol. The first-order valence-electron chi connectivity index (χ1n) is 8.32. The fraction of sp³-hybridized carbons (Fsp3) is 0.263. The van der Waals surface area contributed by atoms with E-state index in [2.05, 4.69) is 63.7 Å². The van der Waals surface area contributed by atoms with Gasteiger partial charge in [0.25, 0.3) is 0 Å². The zero-order valence-electron chi connectivity index (χ0n) is 14.9. The van der Waals surface area contributed by atoms with Crippen molar-refractivity contribution in [3.05, 3.63) is 53.3 Å². The third-order valence-electron chi connectivity index (χ3n) is 3.75. The highest BCUT2D eigenvalue weighted by molar-refractivity contribution is 9.11. The van der Waals surface area contributed by atoms with Crippen molar-refractivity contribution in [2.75, 3.05) is 0 Å². The molecule has 10 heteroatoms. The van der Waals surface area contributed by atoms with Gasteiger partial charge in [-0.2, -0.15) is 0 Å². The Balaban J connectivity index is 1.73. The third kappa shape index (κ3) is 7.58. The van der Waals surface area contributed by atoms with Gasteiger partial charge in [0, 0.05) is 32.9 Å². The van der Waals surface area contributed by atoms with Gasteiger partial charge >= 0.3 is 11.9 Å². The van der Waals surface area contributed by atoms with Gasteiger partial charge < -0.3 is 19.7 Å². The van der Waals surface area contributed by atoms with Crippen molar-refractivity contribution in [3.63, 3.8) is 0 Å². The summed E-state index contributed by atoms with van der Waals surface area (Å²) in [4.78, 5) is 23.7. The predicted molar refractivity (Wildman–Crippen MR) is 120 cm³/mol. The van der Waals surface area contributed by atoms with Crippen LogP contribution >= 0.6 is 63.7 Å². The molecule has 6 nitrogen and oxygen atoms in total. The Morgan fingerprint density at radius 3 is 1.48 bits per heavy atom. The first-order chi connectivity index (χ1) is 13.7. The topological polar surface area (TPSA) is 93.1 Å². The van der Waals surface area contributed by atoms with Crippen molar-refractivity contribution in [1.82, 2.24) is 0 Å². The van der Waals surface area contributed by atoms with Crippen LogP contribution < -0.4 is 0 Å². The average molecular weight is 660 g/mol. The highest BCUT2D eigenvalue weighted by atomic mass is 79.9. The van der Waals surface area contributed by atoms with E-state index in [9.17, 15) is 19.8 Å². The number of phenolic OH excluding ortho intramolecular Hbond substituents is 2. The van der Waals surface area contributed by atoms with Crippen molar-refractivity contribution in [3.8, 4) is 11.5 Å². The lowest BCUT2D eigenvalue weighted by atomic mass is 10.2. The van der Waals surface area contributed by atoms with Crippen LogP contribution in [0.1, 0.15) is 30.4 Å². The molecule has 2 aromatic rings. The van der Waals surface area contributed by atoms with Gasteiger partial charge in [-0.1, -0.05) is 31.9 Å². The smallest absolute Gasteiger partial charge is 0.306 e. The standard InChI is InChI=1S/C19H16Br4O6/c20-12-4-10(18(26)14(22)6-12)8-28-16(24)2-1-3-17(25)29-9-11-5-13(21)7-15(23)19(11)27/h4-7,26-27H,1-3,8-9H2. The Labute approximate surface area is 201 Å².